The van der Waals surface area contributed by atoms with Gasteiger partial charge in [-0.05, 0) is 24.9 Å². The van der Waals surface area contributed by atoms with Gasteiger partial charge in [-0.3, -0.25) is 9.69 Å². The van der Waals surface area contributed by atoms with E-state index in [1.165, 1.54) is 5.56 Å². The van der Waals surface area contributed by atoms with E-state index in [4.69, 9.17) is 0 Å². The maximum atomic E-state index is 12.8. The smallest absolute Gasteiger partial charge is 0.225 e. The van der Waals surface area contributed by atoms with Crippen LogP contribution in [0.25, 0.3) is 0 Å². The fourth-order valence-electron chi connectivity index (χ4n) is 4.12. The van der Waals surface area contributed by atoms with Gasteiger partial charge in [0.05, 0.1) is 30.6 Å². The number of benzene rings is 1. The van der Waals surface area contributed by atoms with Crippen molar-refractivity contribution in [3.05, 3.63) is 54.1 Å². The molecule has 1 aromatic carbocycles. The second-order valence-electron chi connectivity index (χ2n) is 7.59. The Bertz CT molecular complexity index is 760. The van der Waals surface area contributed by atoms with Crippen LogP contribution in [0, 0.1) is 0 Å². The number of aliphatic hydroxyl groups is 1. The van der Waals surface area contributed by atoms with Gasteiger partial charge in [0.15, 0.2) is 0 Å². The zero-order valence-electron chi connectivity index (χ0n) is 15.0. The highest BCUT2D eigenvalue weighted by Gasteiger charge is 2.37. The van der Waals surface area contributed by atoms with Gasteiger partial charge in [0.2, 0.25) is 5.91 Å². The summed E-state index contributed by atoms with van der Waals surface area (Å²) in [4.78, 5) is 21.0. The lowest BCUT2D eigenvalue weighted by Crippen LogP contribution is -2.51. The van der Waals surface area contributed by atoms with Gasteiger partial charge in [-0.15, -0.1) is 0 Å². The quantitative estimate of drug-likeness (QED) is 0.907. The van der Waals surface area contributed by atoms with Crippen molar-refractivity contribution >= 4 is 5.91 Å². The van der Waals surface area contributed by atoms with Crippen LogP contribution >= 0.6 is 0 Å². The van der Waals surface area contributed by atoms with Crippen LogP contribution < -0.4 is 0 Å². The van der Waals surface area contributed by atoms with Crippen LogP contribution in [-0.2, 0) is 24.4 Å². The van der Waals surface area contributed by atoms with Gasteiger partial charge < -0.3 is 14.6 Å². The number of hydrogen-bond donors (Lipinski definition) is 1. The summed E-state index contributed by atoms with van der Waals surface area (Å²) in [7, 11) is 0. The van der Waals surface area contributed by atoms with Gasteiger partial charge >= 0.3 is 0 Å². The SMILES string of the molecule is O=C(CC1(O)CCCN(Cc2ccccc2)C1)N1CCn2cncc2C1. The van der Waals surface area contributed by atoms with Gasteiger partial charge in [0.25, 0.3) is 0 Å². The van der Waals surface area contributed by atoms with E-state index in [1.54, 1.807) is 0 Å². The van der Waals surface area contributed by atoms with E-state index in [9.17, 15) is 9.90 Å². The van der Waals surface area contributed by atoms with Gasteiger partial charge in [-0.25, -0.2) is 4.98 Å². The number of likely N-dealkylation sites (tertiary alicyclic amines) is 1. The molecule has 2 aromatic rings. The molecule has 6 nitrogen and oxygen atoms in total. The molecule has 6 heteroatoms. The fraction of sp³-hybridized carbons (Fsp3) is 0.500. The van der Waals surface area contributed by atoms with Crippen molar-refractivity contribution in [2.75, 3.05) is 19.6 Å². The molecule has 1 unspecified atom stereocenters. The maximum absolute atomic E-state index is 12.8. The number of carbonyl (C=O) groups is 1. The molecule has 0 aliphatic carbocycles. The van der Waals surface area contributed by atoms with Crippen LogP contribution in [0.5, 0.6) is 0 Å². The van der Waals surface area contributed by atoms with Crippen LogP contribution in [0.15, 0.2) is 42.9 Å². The Balaban J connectivity index is 1.36. The van der Waals surface area contributed by atoms with Crippen LogP contribution in [0.2, 0.25) is 0 Å². The molecule has 1 saturated heterocycles. The Kier molecular flexibility index (Phi) is 4.78. The van der Waals surface area contributed by atoms with E-state index in [0.29, 0.717) is 26.1 Å². The third-order valence-corrected chi connectivity index (χ3v) is 5.48. The molecule has 0 bridgehead atoms. The summed E-state index contributed by atoms with van der Waals surface area (Å²) < 4.78 is 2.08. The first kappa shape index (κ1) is 17.2. The molecule has 0 radical (unpaired) electrons. The lowest BCUT2D eigenvalue weighted by Gasteiger charge is -2.40. The Hall–Kier alpha value is -2.18. The second-order valence-corrected chi connectivity index (χ2v) is 7.59. The van der Waals surface area contributed by atoms with Gasteiger partial charge in [-0.2, -0.15) is 0 Å². The van der Waals surface area contributed by atoms with Crippen molar-refractivity contribution in [1.29, 1.82) is 0 Å². The molecular weight excluding hydrogens is 328 g/mol. The summed E-state index contributed by atoms with van der Waals surface area (Å²) in [6, 6.07) is 10.3. The van der Waals surface area contributed by atoms with E-state index in [2.05, 4.69) is 26.6 Å². The number of piperidine rings is 1. The van der Waals surface area contributed by atoms with E-state index in [1.807, 2.05) is 35.6 Å². The van der Waals surface area contributed by atoms with Crippen LogP contribution in [0.1, 0.15) is 30.5 Å². The minimum atomic E-state index is -0.929. The second kappa shape index (κ2) is 7.21. The number of hydrogen-bond acceptors (Lipinski definition) is 4. The summed E-state index contributed by atoms with van der Waals surface area (Å²) in [5.41, 5.74) is 1.38. The topological polar surface area (TPSA) is 61.6 Å². The number of carbonyl (C=O) groups excluding carboxylic acids is 1. The highest BCUT2D eigenvalue weighted by atomic mass is 16.3. The molecule has 1 fully saturated rings. The van der Waals surface area contributed by atoms with Crippen molar-refractivity contribution < 1.29 is 9.90 Å². The van der Waals surface area contributed by atoms with Crippen molar-refractivity contribution in [3.8, 4) is 0 Å². The summed E-state index contributed by atoms with van der Waals surface area (Å²) in [5.74, 6) is 0.0431. The van der Waals surface area contributed by atoms with Gasteiger partial charge in [0, 0.05) is 32.4 Å². The molecule has 1 aromatic heterocycles. The first-order valence-corrected chi connectivity index (χ1v) is 9.37. The minimum Gasteiger partial charge on any atom is -0.388 e. The molecular formula is C20H26N4O2. The molecule has 0 saturated carbocycles. The molecule has 26 heavy (non-hydrogen) atoms. The van der Waals surface area contributed by atoms with Crippen molar-refractivity contribution in [2.24, 2.45) is 0 Å². The number of amides is 1. The average molecular weight is 354 g/mol. The minimum absolute atomic E-state index is 0.0431. The molecule has 1 N–H and O–H groups in total. The van der Waals surface area contributed by atoms with E-state index >= 15 is 0 Å². The molecule has 3 heterocycles. The molecule has 138 valence electrons. The number of rotatable bonds is 4. The van der Waals surface area contributed by atoms with Crippen molar-refractivity contribution in [3.63, 3.8) is 0 Å². The van der Waals surface area contributed by atoms with E-state index in [-0.39, 0.29) is 12.3 Å². The number of aromatic nitrogens is 2. The summed E-state index contributed by atoms with van der Waals surface area (Å²) in [6.45, 7) is 4.39. The van der Waals surface area contributed by atoms with Crippen molar-refractivity contribution in [1.82, 2.24) is 19.4 Å². The van der Waals surface area contributed by atoms with Crippen molar-refractivity contribution in [2.45, 2.75) is 44.5 Å². The number of fused-ring (bicyclic) bond motifs is 1. The molecule has 1 atom stereocenters. The summed E-state index contributed by atoms with van der Waals surface area (Å²) >= 11 is 0. The number of nitrogens with zero attached hydrogens (tertiary/aromatic N) is 4. The van der Waals surface area contributed by atoms with Gasteiger partial charge in [0.1, 0.15) is 0 Å². The van der Waals surface area contributed by atoms with Crippen LogP contribution in [0.3, 0.4) is 0 Å². The molecule has 2 aliphatic rings. The summed E-state index contributed by atoms with van der Waals surface area (Å²) in [5, 5.41) is 11.1. The Morgan fingerprint density at radius 2 is 2.04 bits per heavy atom. The Morgan fingerprint density at radius 3 is 2.88 bits per heavy atom. The van der Waals surface area contributed by atoms with E-state index < -0.39 is 5.60 Å². The molecule has 4 rings (SSSR count). The normalized spacial score (nSPS) is 23.7. The third-order valence-electron chi connectivity index (χ3n) is 5.48. The lowest BCUT2D eigenvalue weighted by molar-refractivity contribution is -0.140. The predicted octanol–water partition coefficient (Wildman–Crippen LogP) is 1.64. The highest BCUT2D eigenvalue weighted by Crippen LogP contribution is 2.27. The standard InChI is InChI=1S/C20H26N4O2/c25-19(23-9-10-24-16-21-12-18(24)14-23)11-20(26)7-4-8-22(15-20)13-17-5-2-1-3-6-17/h1-3,5-6,12,16,26H,4,7-11,13-15H2. The predicted molar refractivity (Wildman–Crippen MR) is 98.2 cm³/mol. The molecule has 2 aliphatic heterocycles. The zero-order chi connectivity index (χ0) is 18.0. The Labute approximate surface area is 154 Å². The first-order valence-electron chi connectivity index (χ1n) is 9.37. The monoisotopic (exact) mass is 354 g/mol. The third kappa shape index (κ3) is 3.81. The van der Waals surface area contributed by atoms with Crippen LogP contribution in [-0.4, -0.2) is 55.6 Å². The fourth-order valence-corrected chi connectivity index (χ4v) is 4.12. The molecule has 0 spiro atoms. The maximum Gasteiger partial charge on any atom is 0.225 e. The number of imidazole rings is 1. The summed E-state index contributed by atoms with van der Waals surface area (Å²) in [6.07, 6.45) is 5.44. The van der Waals surface area contributed by atoms with Gasteiger partial charge in [-0.1, -0.05) is 30.3 Å². The largest absolute Gasteiger partial charge is 0.388 e. The molecule has 1 amide bonds. The van der Waals surface area contributed by atoms with E-state index in [0.717, 1.165) is 31.7 Å². The highest BCUT2D eigenvalue weighted by molar-refractivity contribution is 5.77. The number of β-amino-alcohol motifs (C(OH)–C–C–N with tert-alkyl or cyclic N) is 1. The zero-order valence-corrected chi connectivity index (χ0v) is 15.0. The van der Waals surface area contributed by atoms with Crippen LogP contribution in [0.4, 0.5) is 0 Å². The lowest BCUT2D eigenvalue weighted by atomic mass is 9.88. The average Bonchev–Trinajstić information content (AvgIpc) is 3.10. The first-order chi connectivity index (χ1) is 12.6. The Morgan fingerprint density at radius 1 is 1.19 bits per heavy atom.